The number of hydrogen-bond donors (Lipinski definition) is 1. The number of aryl methyl sites for hydroxylation is 1. The predicted octanol–water partition coefficient (Wildman–Crippen LogP) is 4.98. The molecule has 0 spiro atoms. The number of ether oxygens (including phenoxy) is 2. The number of nitrogens with two attached hydrogens (primary N) is 1. The van der Waals surface area contributed by atoms with Gasteiger partial charge in [-0.25, -0.2) is 18.4 Å². The fourth-order valence-corrected chi connectivity index (χ4v) is 7.87. The molecule has 0 radical (unpaired) electrons. The van der Waals surface area contributed by atoms with Crippen molar-refractivity contribution in [2.75, 3.05) is 7.11 Å². The number of sulfonamides is 1. The van der Waals surface area contributed by atoms with Crippen molar-refractivity contribution in [3.63, 3.8) is 0 Å². The van der Waals surface area contributed by atoms with Gasteiger partial charge in [0.2, 0.25) is 10.0 Å². The number of benzene rings is 2. The lowest BCUT2D eigenvalue weighted by atomic mass is 9.47. The number of esters is 1. The van der Waals surface area contributed by atoms with E-state index >= 15 is 0 Å². The number of carbonyl (C=O) groups is 1. The third-order valence-electron chi connectivity index (χ3n) is 9.12. The van der Waals surface area contributed by atoms with E-state index in [-0.39, 0.29) is 21.8 Å². The summed E-state index contributed by atoms with van der Waals surface area (Å²) in [5.41, 5.74) is 2.96. The lowest BCUT2D eigenvalue weighted by Crippen LogP contribution is -2.51. The highest BCUT2D eigenvalue weighted by Gasteiger charge is 2.62. The SMILES string of the molecule is C=C[C@@]12CCc3cc(OC)ccc3[C@H]1CC[C@]1(C)[C@@H](OC(=O)c3ccc(S(N)(=O)=O)cc3)CC[C@H]12. The van der Waals surface area contributed by atoms with Gasteiger partial charge in [-0.2, -0.15) is 0 Å². The van der Waals surface area contributed by atoms with Gasteiger partial charge in [0.05, 0.1) is 17.6 Å². The van der Waals surface area contributed by atoms with Gasteiger partial charge in [0.25, 0.3) is 0 Å². The smallest absolute Gasteiger partial charge is 0.338 e. The minimum atomic E-state index is -3.81. The number of fused-ring (bicyclic) bond motifs is 5. The molecule has 2 N–H and O–H groups in total. The standard InChI is InChI=1S/C28H33NO5S/c1-4-28-16-13-19-17-20(33-3)7-10-22(19)23(28)14-15-27(2)24(28)11-12-25(27)34-26(30)18-5-8-21(9-6-18)35(29,31)32/h4-10,17,23-25H,1,11-16H2,2-3H3,(H2,29,31,32)/t23-,24-,25+,27+,28-/m1/s1. The topological polar surface area (TPSA) is 95.7 Å². The first-order chi connectivity index (χ1) is 16.6. The van der Waals surface area contributed by atoms with Crippen molar-refractivity contribution in [3.05, 3.63) is 71.8 Å². The number of rotatable bonds is 5. The minimum absolute atomic E-state index is 0.0210. The summed E-state index contributed by atoms with van der Waals surface area (Å²) < 4.78 is 34.6. The molecule has 7 heteroatoms. The summed E-state index contributed by atoms with van der Waals surface area (Å²) >= 11 is 0. The fraction of sp³-hybridized carbons (Fsp3) is 0.464. The van der Waals surface area contributed by atoms with Crippen molar-refractivity contribution in [1.82, 2.24) is 0 Å². The molecular weight excluding hydrogens is 462 g/mol. The molecule has 0 saturated heterocycles. The molecule has 2 aromatic carbocycles. The monoisotopic (exact) mass is 495 g/mol. The van der Waals surface area contributed by atoms with Crippen molar-refractivity contribution < 1.29 is 22.7 Å². The Morgan fingerprint density at radius 1 is 1.11 bits per heavy atom. The average molecular weight is 496 g/mol. The van der Waals surface area contributed by atoms with Crippen LogP contribution < -0.4 is 9.88 Å². The summed E-state index contributed by atoms with van der Waals surface area (Å²) in [7, 11) is -2.10. The fourth-order valence-electron chi connectivity index (χ4n) is 7.35. The average Bonchev–Trinajstić information content (AvgIpc) is 3.19. The summed E-state index contributed by atoms with van der Waals surface area (Å²) in [6.07, 6.45) is 7.85. The third-order valence-corrected chi connectivity index (χ3v) is 10.0. The van der Waals surface area contributed by atoms with E-state index in [0.717, 1.165) is 44.3 Å². The Bertz CT molecular complexity index is 1270. The maximum Gasteiger partial charge on any atom is 0.338 e. The van der Waals surface area contributed by atoms with Crippen molar-refractivity contribution in [2.45, 2.75) is 62.4 Å². The molecule has 0 heterocycles. The first kappa shape index (κ1) is 24.1. The van der Waals surface area contributed by atoms with E-state index in [1.807, 2.05) is 0 Å². The van der Waals surface area contributed by atoms with E-state index in [9.17, 15) is 13.2 Å². The predicted molar refractivity (Wildman–Crippen MR) is 134 cm³/mol. The molecule has 0 aromatic heterocycles. The lowest BCUT2D eigenvalue weighted by Gasteiger charge is -2.57. The van der Waals surface area contributed by atoms with Crippen LogP contribution in [0.15, 0.2) is 60.0 Å². The van der Waals surface area contributed by atoms with Crippen LogP contribution in [0.3, 0.4) is 0 Å². The van der Waals surface area contributed by atoms with Gasteiger partial charge in [0.1, 0.15) is 11.9 Å². The van der Waals surface area contributed by atoms with Crippen LogP contribution in [0.5, 0.6) is 5.75 Å². The first-order valence-corrected chi connectivity index (χ1v) is 13.8. The summed E-state index contributed by atoms with van der Waals surface area (Å²) in [5.74, 6) is 1.27. The van der Waals surface area contributed by atoms with Crippen LogP contribution in [0.2, 0.25) is 0 Å². The van der Waals surface area contributed by atoms with Gasteiger partial charge in [0, 0.05) is 5.41 Å². The summed E-state index contributed by atoms with van der Waals surface area (Å²) in [6, 6.07) is 12.1. The number of allylic oxidation sites excluding steroid dienone is 1. The molecule has 35 heavy (non-hydrogen) atoms. The van der Waals surface area contributed by atoms with Crippen LogP contribution in [0.25, 0.3) is 0 Å². The quantitative estimate of drug-likeness (QED) is 0.466. The van der Waals surface area contributed by atoms with E-state index in [4.69, 9.17) is 14.6 Å². The lowest BCUT2D eigenvalue weighted by molar-refractivity contribution is -0.0641. The Hall–Kier alpha value is -2.64. The van der Waals surface area contributed by atoms with Crippen LogP contribution >= 0.6 is 0 Å². The minimum Gasteiger partial charge on any atom is -0.497 e. The first-order valence-electron chi connectivity index (χ1n) is 12.3. The second kappa shape index (κ2) is 8.49. The second-order valence-corrected chi connectivity index (χ2v) is 12.1. The highest BCUT2D eigenvalue weighted by molar-refractivity contribution is 7.89. The third kappa shape index (κ3) is 3.80. The summed E-state index contributed by atoms with van der Waals surface area (Å²) in [6.45, 7) is 6.60. The van der Waals surface area contributed by atoms with E-state index in [2.05, 4.69) is 37.8 Å². The molecule has 186 valence electrons. The normalized spacial score (nSPS) is 31.6. The molecule has 2 saturated carbocycles. The molecule has 0 bridgehead atoms. The van der Waals surface area contributed by atoms with Gasteiger partial charge in [-0.05, 0) is 103 Å². The molecule has 6 nitrogen and oxygen atoms in total. The van der Waals surface area contributed by atoms with Crippen molar-refractivity contribution in [1.29, 1.82) is 0 Å². The number of methoxy groups -OCH3 is 1. The molecule has 2 aromatic rings. The van der Waals surface area contributed by atoms with Crippen LogP contribution in [-0.2, 0) is 21.2 Å². The van der Waals surface area contributed by atoms with Gasteiger partial charge in [-0.15, -0.1) is 6.58 Å². The molecule has 2 fully saturated rings. The molecule has 5 rings (SSSR count). The van der Waals surface area contributed by atoms with Crippen LogP contribution in [0.4, 0.5) is 0 Å². The maximum absolute atomic E-state index is 13.0. The van der Waals surface area contributed by atoms with Crippen molar-refractivity contribution in [3.8, 4) is 5.75 Å². The second-order valence-electron chi connectivity index (χ2n) is 10.6. The molecule has 0 aliphatic heterocycles. The van der Waals surface area contributed by atoms with Crippen molar-refractivity contribution in [2.24, 2.45) is 21.9 Å². The summed E-state index contributed by atoms with van der Waals surface area (Å²) in [5, 5.41) is 5.17. The zero-order chi connectivity index (χ0) is 25.0. The Morgan fingerprint density at radius 2 is 1.86 bits per heavy atom. The van der Waals surface area contributed by atoms with Crippen LogP contribution in [0.1, 0.15) is 66.4 Å². The Morgan fingerprint density at radius 3 is 2.51 bits per heavy atom. The largest absolute Gasteiger partial charge is 0.497 e. The van der Waals surface area contributed by atoms with Crippen molar-refractivity contribution >= 4 is 16.0 Å². The van der Waals surface area contributed by atoms with E-state index in [1.165, 1.54) is 35.4 Å². The molecule has 0 amide bonds. The van der Waals surface area contributed by atoms with Gasteiger partial charge in [-0.1, -0.05) is 19.1 Å². The van der Waals surface area contributed by atoms with Gasteiger partial charge >= 0.3 is 5.97 Å². The number of primary sulfonamides is 1. The Kier molecular flexibility index (Phi) is 5.84. The van der Waals surface area contributed by atoms with Gasteiger partial charge in [0.15, 0.2) is 0 Å². The zero-order valence-electron chi connectivity index (χ0n) is 20.3. The molecular formula is C28H33NO5S. The number of hydrogen-bond acceptors (Lipinski definition) is 5. The van der Waals surface area contributed by atoms with E-state index in [1.54, 1.807) is 7.11 Å². The molecule has 5 atom stereocenters. The maximum atomic E-state index is 13.0. The van der Waals surface area contributed by atoms with Gasteiger partial charge in [-0.3, -0.25) is 0 Å². The molecule has 3 aliphatic rings. The Labute approximate surface area is 207 Å². The van der Waals surface area contributed by atoms with Crippen LogP contribution in [0, 0.1) is 16.7 Å². The molecule has 3 aliphatic carbocycles. The highest BCUT2D eigenvalue weighted by atomic mass is 32.2. The van der Waals surface area contributed by atoms with E-state index < -0.39 is 16.0 Å². The number of carbonyl (C=O) groups excluding carboxylic acids is 1. The zero-order valence-corrected chi connectivity index (χ0v) is 21.1. The highest BCUT2D eigenvalue weighted by Crippen LogP contribution is 2.68. The van der Waals surface area contributed by atoms with E-state index in [0.29, 0.717) is 17.4 Å². The Balaban J connectivity index is 1.39. The van der Waals surface area contributed by atoms with Gasteiger partial charge < -0.3 is 9.47 Å². The molecule has 0 unspecified atom stereocenters. The summed E-state index contributed by atoms with van der Waals surface area (Å²) in [4.78, 5) is 13.0. The van der Waals surface area contributed by atoms with Crippen LogP contribution in [-0.4, -0.2) is 27.6 Å².